The van der Waals surface area contributed by atoms with Crippen LogP contribution in [0.25, 0.3) is 0 Å². The summed E-state index contributed by atoms with van der Waals surface area (Å²) in [4.78, 5) is 25.4. The van der Waals surface area contributed by atoms with Crippen LogP contribution in [0.15, 0.2) is 59.7 Å². The third-order valence-corrected chi connectivity index (χ3v) is 3.31. The first-order valence-corrected chi connectivity index (χ1v) is 7.13. The summed E-state index contributed by atoms with van der Waals surface area (Å²) in [6, 6.07) is 16.5. The molecule has 1 aliphatic rings. The van der Waals surface area contributed by atoms with Crippen molar-refractivity contribution < 1.29 is 14.3 Å². The maximum Gasteiger partial charge on any atom is 0.265 e. The van der Waals surface area contributed by atoms with Crippen LogP contribution in [0.5, 0.6) is 5.75 Å². The molecule has 1 heterocycles. The number of amides is 2. The molecule has 23 heavy (non-hydrogen) atoms. The zero-order chi connectivity index (χ0) is 16.1. The first kappa shape index (κ1) is 14.8. The summed E-state index contributed by atoms with van der Waals surface area (Å²) in [6.45, 7) is -0.178. The number of nitrogens with zero attached hydrogens (tertiary/aromatic N) is 2. The number of para-hydroxylation sites is 2. The van der Waals surface area contributed by atoms with E-state index in [2.05, 4.69) is 10.5 Å². The molecule has 0 bridgehead atoms. The van der Waals surface area contributed by atoms with Gasteiger partial charge in [0.1, 0.15) is 12.3 Å². The van der Waals surface area contributed by atoms with E-state index in [1.54, 1.807) is 24.4 Å². The van der Waals surface area contributed by atoms with Gasteiger partial charge in [-0.15, -0.1) is 0 Å². The lowest BCUT2D eigenvalue weighted by Gasteiger charge is -2.28. The lowest BCUT2D eigenvalue weighted by atomic mass is 10.2. The summed E-state index contributed by atoms with van der Waals surface area (Å²) in [6.07, 6.45) is 1.55. The Hall–Kier alpha value is -3.15. The van der Waals surface area contributed by atoms with Gasteiger partial charge in [-0.3, -0.25) is 14.5 Å². The number of anilines is 1. The average Bonchev–Trinajstić information content (AvgIpc) is 2.58. The van der Waals surface area contributed by atoms with Crippen LogP contribution in [0.2, 0.25) is 0 Å². The second kappa shape index (κ2) is 6.74. The highest BCUT2D eigenvalue weighted by molar-refractivity contribution is 6.02. The van der Waals surface area contributed by atoms with Gasteiger partial charge in [-0.2, -0.15) is 5.10 Å². The van der Waals surface area contributed by atoms with E-state index in [-0.39, 0.29) is 25.0 Å². The van der Waals surface area contributed by atoms with E-state index in [9.17, 15) is 9.59 Å². The lowest BCUT2D eigenvalue weighted by Crippen LogP contribution is -2.44. The summed E-state index contributed by atoms with van der Waals surface area (Å²) in [7, 11) is 0. The zero-order valence-corrected chi connectivity index (χ0v) is 12.3. The number of fused-ring (bicyclic) bond motifs is 1. The number of hydrogen-bond donors (Lipinski definition) is 1. The molecule has 6 nitrogen and oxygen atoms in total. The monoisotopic (exact) mass is 309 g/mol. The number of rotatable bonds is 4. The molecule has 2 amide bonds. The van der Waals surface area contributed by atoms with E-state index in [0.717, 1.165) is 5.56 Å². The molecule has 0 unspecified atom stereocenters. The van der Waals surface area contributed by atoms with Crippen LogP contribution in [0.1, 0.15) is 5.56 Å². The largest absolute Gasteiger partial charge is 0.482 e. The Morgan fingerprint density at radius 1 is 1.17 bits per heavy atom. The Morgan fingerprint density at radius 3 is 2.74 bits per heavy atom. The van der Waals surface area contributed by atoms with Crippen molar-refractivity contribution in [3.05, 3.63) is 60.2 Å². The van der Waals surface area contributed by atoms with Crippen molar-refractivity contribution in [2.45, 2.75) is 0 Å². The predicted molar refractivity (Wildman–Crippen MR) is 86.5 cm³/mol. The van der Waals surface area contributed by atoms with E-state index in [4.69, 9.17) is 4.74 Å². The summed E-state index contributed by atoms with van der Waals surface area (Å²) in [5.41, 5.74) is 3.89. The van der Waals surface area contributed by atoms with Crippen LogP contribution in [0.4, 0.5) is 5.69 Å². The lowest BCUT2D eigenvalue weighted by molar-refractivity contribution is -0.125. The molecule has 2 aromatic rings. The Kier molecular flexibility index (Phi) is 4.33. The van der Waals surface area contributed by atoms with Gasteiger partial charge in [-0.05, 0) is 17.7 Å². The molecular formula is C17H15N3O3. The van der Waals surface area contributed by atoms with Crippen molar-refractivity contribution in [2.75, 3.05) is 18.1 Å². The van der Waals surface area contributed by atoms with E-state index >= 15 is 0 Å². The van der Waals surface area contributed by atoms with E-state index in [0.29, 0.717) is 11.4 Å². The number of carbonyl (C=O) groups is 2. The molecule has 0 radical (unpaired) electrons. The van der Waals surface area contributed by atoms with E-state index in [1.807, 2.05) is 36.4 Å². The van der Waals surface area contributed by atoms with Gasteiger partial charge in [0.05, 0.1) is 11.9 Å². The highest BCUT2D eigenvalue weighted by Crippen LogP contribution is 2.30. The van der Waals surface area contributed by atoms with Gasteiger partial charge in [0.2, 0.25) is 0 Å². The molecule has 0 atom stereocenters. The molecule has 0 saturated carbocycles. The summed E-state index contributed by atoms with van der Waals surface area (Å²) in [5, 5.41) is 3.89. The highest BCUT2D eigenvalue weighted by atomic mass is 16.5. The molecule has 3 rings (SSSR count). The second-order valence-electron chi connectivity index (χ2n) is 4.94. The molecule has 116 valence electrons. The van der Waals surface area contributed by atoms with Crippen LogP contribution in [-0.4, -0.2) is 31.2 Å². The fourth-order valence-corrected chi connectivity index (χ4v) is 2.22. The minimum Gasteiger partial charge on any atom is -0.482 e. The van der Waals surface area contributed by atoms with Crippen molar-refractivity contribution in [3.63, 3.8) is 0 Å². The molecule has 0 aliphatic carbocycles. The van der Waals surface area contributed by atoms with Crippen molar-refractivity contribution in [1.29, 1.82) is 0 Å². The number of nitrogens with one attached hydrogen (secondary N) is 1. The highest BCUT2D eigenvalue weighted by Gasteiger charge is 2.26. The number of ether oxygens (including phenoxy) is 1. The van der Waals surface area contributed by atoms with Crippen molar-refractivity contribution in [2.24, 2.45) is 5.10 Å². The van der Waals surface area contributed by atoms with Crippen molar-refractivity contribution in [3.8, 4) is 5.75 Å². The van der Waals surface area contributed by atoms with Crippen LogP contribution in [0.3, 0.4) is 0 Å². The quantitative estimate of drug-likeness (QED) is 0.688. The number of hydrazone groups is 1. The molecule has 0 saturated heterocycles. The topological polar surface area (TPSA) is 71.0 Å². The van der Waals surface area contributed by atoms with Crippen LogP contribution in [0, 0.1) is 0 Å². The molecular weight excluding hydrogens is 294 g/mol. The maximum atomic E-state index is 12.0. The van der Waals surface area contributed by atoms with Crippen molar-refractivity contribution in [1.82, 2.24) is 5.43 Å². The standard InChI is InChI=1S/C17H15N3O3/c21-16(19-18-10-13-6-2-1-3-7-13)11-20-14-8-4-5-9-15(14)23-12-17(20)22/h1-10H,11-12H2,(H,19,21)/b18-10-. The van der Waals surface area contributed by atoms with Crippen molar-refractivity contribution >= 4 is 23.7 Å². The summed E-state index contributed by atoms with van der Waals surface area (Å²) < 4.78 is 5.33. The Labute approximate surface area is 133 Å². The molecule has 0 spiro atoms. The predicted octanol–water partition coefficient (Wildman–Crippen LogP) is 1.56. The SMILES string of the molecule is O=C(CN1C(=O)COc2ccccc21)N/N=C\c1ccccc1. The first-order valence-electron chi connectivity index (χ1n) is 7.13. The van der Waals surface area contributed by atoms with Crippen LogP contribution < -0.4 is 15.1 Å². The molecule has 6 heteroatoms. The van der Waals surface area contributed by atoms with E-state index in [1.165, 1.54) is 4.90 Å². The van der Waals surface area contributed by atoms with Crippen LogP contribution >= 0.6 is 0 Å². The Balaban J connectivity index is 1.64. The van der Waals surface area contributed by atoms with Gasteiger partial charge in [0.25, 0.3) is 11.8 Å². The Bertz CT molecular complexity index is 744. The maximum absolute atomic E-state index is 12.0. The molecule has 1 N–H and O–H groups in total. The van der Waals surface area contributed by atoms with E-state index < -0.39 is 0 Å². The molecule has 1 aliphatic heterocycles. The second-order valence-corrected chi connectivity index (χ2v) is 4.94. The van der Waals surface area contributed by atoms with Crippen LogP contribution in [-0.2, 0) is 9.59 Å². The normalized spacial score (nSPS) is 13.6. The minimum absolute atomic E-state index is 0.0718. The smallest absolute Gasteiger partial charge is 0.265 e. The Morgan fingerprint density at radius 2 is 1.91 bits per heavy atom. The first-order chi connectivity index (χ1) is 11.2. The van der Waals surface area contributed by atoms with Gasteiger partial charge in [0.15, 0.2) is 6.61 Å². The van der Waals surface area contributed by atoms with Gasteiger partial charge in [-0.25, -0.2) is 5.43 Å². The third kappa shape index (κ3) is 3.55. The molecule has 0 fully saturated rings. The zero-order valence-electron chi connectivity index (χ0n) is 12.3. The summed E-state index contributed by atoms with van der Waals surface area (Å²) in [5.74, 6) is -0.0409. The summed E-state index contributed by atoms with van der Waals surface area (Å²) >= 11 is 0. The van der Waals surface area contributed by atoms with Gasteiger partial charge in [-0.1, -0.05) is 42.5 Å². The number of carbonyl (C=O) groups excluding carboxylic acids is 2. The van der Waals surface area contributed by atoms with Gasteiger partial charge < -0.3 is 4.74 Å². The number of hydrogen-bond acceptors (Lipinski definition) is 4. The fraction of sp³-hybridized carbons (Fsp3) is 0.118. The minimum atomic E-state index is -0.373. The third-order valence-electron chi connectivity index (χ3n) is 3.31. The average molecular weight is 309 g/mol. The molecule has 0 aromatic heterocycles. The van der Waals surface area contributed by atoms with Gasteiger partial charge >= 0.3 is 0 Å². The molecule has 2 aromatic carbocycles. The van der Waals surface area contributed by atoms with Gasteiger partial charge in [0, 0.05) is 0 Å². The number of benzene rings is 2. The fourth-order valence-electron chi connectivity index (χ4n) is 2.22.